The number of aromatic nitrogens is 1. The zero-order chi connectivity index (χ0) is 10.3. The lowest BCUT2D eigenvalue weighted by Gasteiger charge is -2.48. The van der Waals surface area contributed by atoms with E-state index >= 15 is 0 Å². The fourth-order valence-corrected chi connectivity index (χ4v) is 2.38. The number of carbonyl (C=O) groups is 1. The number of hydrogen-bond donors (Lipinski definition) is 1. The van der Waals surface area contributed by atoms with Gasteiger partial charge in [0.2, 0.25) is 0 Å². The van der Waals surface area contributed by atoms with E-state index in [2.05, 4.69) is 10.5 Å². The van der Waals surface area contributed by atoms with E-state index in [1.165, 1.54) is 12.7 Å². The average molecular weight is 207 g/mol. The Morgan fingerprint density at radius 1 is 1.67 bits per heavy atom. The molecule has 2 aliphatic heterocycles. The van der Waals surface area contributed by atoms with Crippen LogP contribution in [0.3, 0.4) is 0 Å². The van der Waals surface area contributed by atoms with Gasteiger partial charge in [-0.15, -0.1) is 0 Å². The topological polar surface area (TPSA) is 58.4 Å². The maximum absolute atomic E-state index is 12.0. The molecular formula is C10H13N3O2. The van der Waals surface area contributed by atoms with Crippen LogP contribution in [0, 0.1) is 0 Å². The summed E-state index contributed by atoms with van der Waals surface area (Å²) in [5, 5.41) is 7.03. The van der Waals surface area contributed by atoms with E-state index < -0.39 is 0 Å². The van der Waals surface area contributed by atoms with Gasteiger partial charge in [0, 0.05) is 25.2 Å². The Morgan fingerprint density at radius 2 is 2.60 bits per heavy atom. The number of likely N-dealkylation sites (tertiary alicyclic amines) is 1. The number of fused-ring (bicyclic) bond motifs is 1. The van der Waals surface area contributed by atoms with E-state index in [1.807, 2.05) is 4.90 Å². The summed E-state index contributed by atoms with van der Waals surface area (Å²) in [6, 6.07) is 2.48. The quantitative estimate of drug-likeness (QED) is 0.717. The molecule has 80 valence electrons. The van der Waals surface area contributed by atoms with E-state index in [4.69, 9.17) is 4.52 Å². The number of nitrogens with one attached hydrogen (secondary N) is 1. The summed E-state index contributed by atoms with van der Waals surface area (Å²) < 4.78 is 4.69. The molecule has 2 atom stereocenters. The van der Waals surface area contributed by atoms with Gasteiger partial charge in [0.05, 0.1) is 6.04 Å². The predicted octanol–water partition coefficient (Wildman–Crippen LogP) is 0.251. The van der Waals surface area contributed by atoms with Crippen LogP contribution < -0.4 is 5.32 Å². The third kappa shape index (κ3) is 1.34. The first-order valence-electron chi connectivity index (χ1n) is 5.31. The van der Waals surface area contributed by atoms with Crippen molar-refractivity contribution >= 4 is 5.91 Å². The number of carbonyl (C=O) groups excluding carboxylic acids is 1. The van der Waals surface area contributed by atoms with Crippen molar-refractivity contribution in [2.45, 2.75) is 24.9 Å². The fraction of sp³-hybridized carbons (Fsp3) is 0.600. The molecule has 0 aromatic carbocycles. The summed E-state index contributed by atoms with van der Waals surface area (Å²) in [7, 11) is 0. The second-order valence-electron chi connectivity index (χ2n) is 4.11. The lowest BCUT2D eigenvalue weighted by molar-refractivity contribution is 0.0356. The van der Waals surface area contributed by atoms with E-state index in [-0.39, 0.29) is 5.91 Å². The molecule has 0 spiro atoms. The van der Waals surface area contributed by atoms with Gasteiger partial charge in [-0.05, 0) is 12.8 Å². The van der Waals surface area contributed by atoms with Crippen LogP contribution in [0.25, 0.3) is 0 Å². The van der Waals surface area contributed by atoms with Gasteiger partial charge in [0.15, 0.2) is 5.69 Å². The summed E-state index contributed by atoms with van der Waals surface area (Å²) in [6.07, 6.45) is 3.68. The molecule has 2 unspecified atom stereocenters. The Kier molecular flexibility index (Phi) is 1.98. The van der Waals surface area contributed by atoms with Crippen molar-refractivity contribution in [3.63, 3.8) is 0 Å². The maximum Gasteiger partial charge on any atom is 0.276 e. The van der Waals surface area contributed by atoms with Crippen LogP contribution in [0.2, 0.25) is 0 Å². The predicted molar refractivity (Wildman–Crippen MR) is 52.4 cm³/mol. The first-order valence-corrected chi connectivity index (χ1v) is 5.31. The smallest absolute Gasteiger partial charge is 0.276 e. The maximum atomic E-state index is 12.0. The Hall–Kier alpha value is -1.36. The van der Waals surface area contributed by atoms with Gasteiger partial charge in [-0.1, -0.05) is 5.16 Å². The van der Waals surface area contributed by atoms with Crippen LogP contribution in [-0.2, 0) is 0 Å². The Bertz CT molecular complexity index is 363. The molecule has 1 aromatic rings. The van der Waals surface area contributed by atoms with Crippen LogP contribution in [0.1, 0.15) is 23.3 Å². The first kappa shape index (κ1) is 8.91. The highest BCUT2D eigenvalue weighted by Gasteiger charge is 2.40. The molecule has 3 rings (SSSR count). The summed E-state index contributed by atoms with van der Waals surface area (Å²) in [5.41, 5.74) is 0.419. The van der Waals surface area contributed by atoms with E-state index in [0.29, 0.717) is 17.8 Å². The van der Waals surface area contributed by atoms with Crippen LogP contribution >= 0.6 is 0 Å². The normalized spacial score (nSPS) is 29.5. The molecular weight excluding hydrogens is 194 g/mol. The second-order valence-corrected chi connectivity index (χ2v) is 4.11. The summed E-state index contributed by atoms with van der Waals surface area (Å²) in [5.74, 6) is -0.0000463. The zero-order valence-corrected chi connectivity index (χ0v) is 8.35. The fourth-order valence-electron chi connectivity index (χ4n) is 2.38. The Morgan fingerprint density at radius 3 is 3.27 bits per heavy atom. The number of rotatable bonds is 1. The summed E-state index contributed by atoms with van der Waals surface area (Å²) >= 11 is 0. The van der Waals surface area contributed by atoms with Crippen LogP contribution in [0.4, 0.5) is 0 Å². The molecule has 5 heteroatoms. The summed E-state index contributed by atoms with van der Waals surface area (Å²) in [6.45, 7) is 1.75. The van der Waals surface area contributed by atoms with Gasteiger partial charge >= 0.3 is 0 Å². The minimum absolute atomic E-state index is 0.0000463. The van der Waals surface area contributed by atoms with Crippen LogP contribution in [0.15, 0.2) is 16.9 Å². The minimum atomic E-state index is -0.0000463. The largest absolute Gasteiger partial charge is 0.364 e. The average Bonchev–Trinajstić information content (AvgIpc) is 2.71. The highest BCUT2D eigenvalue weighted by atomic mass is 16.5. The Labute approximate surface area is 87.4 Å². The van der Waals surface area contributed by atoms with Crippen molar-refractivity contribution in [1.29, 1.82) is 0 Å². The third-order valence-electron chi connectivity index (χ3n) is 3.29. The molecule has 15 heavy (non-hydrogen) atoms. The minimum Gasteiger partial charge on any atom is -0.364 e. The van der Waals surface area contributed by atoms with Crippen molar-refractivity contribution < 1.29 is 9.32 Å². The van der Waals surface area contributed by atoms with Crippen molar-refractivity contribution in [1.82, 2.24) is 15.4 Å². The van der Waals surface area contributed by atoms with Crippen molar-refractivity contribution in [2.24, 2.45) is 0 Å². The van der Waals surface area contributed by atoms with Gasteiger partial charge in [-0.25, -0.2) is 0 Å². The molecule has 3 heterocycles. The molecule has 2 fully saturated rings. The molecule has 0 aliphatic carbocycles. The lowest BCUT2D eigenvalue weighted by Crippen LogP contribution is -2.68. The molecule has 0 radical (unpaired) electrons. The van der Waals surface area contributed by atoms with Crippen LogP contribution in [-0.4, -0.2) is 41.1 Å². The number of hydrogen-bond acceptors (Lipinski definition) is 4. The molecule has 2 saturated heterocycles. The zero-order valence-electron chi connectivity index (χ0n) is 8.35. The molecule has 1 aromatic heterocycles. The van der Waals surface area contributed by atoms with Crippen molar-refractivity contribution in [3.05, 3.63) is 18.0 Å². The molecule has 5 nitrogen and oxygen atoms in total. The summed E-state index contributed by atoms with van der Waals surface area (Å²) in [4.78, 5) is 13.9. The van der Waals surface area contributed by atoms with Crippen molar-refractivity contribution in [3.8, 4) is 0 Å². The molecule has 0 bridgehead atoms. The molecule has 2 aliphatic rings. The molecule has 0 saturated carbocycles. The highest BCUT2D eigenvalue weighted by Crippen LogP contribution is 2.24. The highest BCUT2D eigenvalue weighted by molar-refractivity contribution is 5.92. The van der Waals surface area contributed by atoms with Gasteiger partial charge < -0.3 is 14.7 Å². The monoisotopic (exact) mass is 207 g/mol. The van der Waals surface area contributed by atoms with E-state index in [1.54, 1.807) is 6.07 Å². The van der Waals surface area contributed by atoms with Gasteiger partial charge in [-0.2, -0.15) is 0 Å². The van der Waals surface area contributed by atoms with E-state index in [0.717, 1.165) is 19.5 Å². The first-order chi connectivity index (χ1) is 7.36. The second kappa shape index (κ2) is 3.34. The lowest BCUT2D eigenvalue weighted by atomic mass is 9.89. The number of piperidine rings is 1. The van der Waals surface area contributed by atoms with Gasteiger partial charge in [-0.3, -0.25) is 4.79 Å². The standard InChI is InChI=1S/C10H13N3O2/c14-10(8-3-5-15-12-8)13-4-1-2-7-9(13)6-11-7/h3,5,7,9,11H,1-2,4,6H2. The third-order valence-corrected chi connectivity index (χ3v) is 3.29. The van der Waals surface area contributed by atoms with Gasteiger partial charge in [0.1, 0.15) is 6.26 Å². The van der Waals surface area contributed by atoms with Gasteiger partial charge in [0.25, 0.3) is 5.91 Å². The molecule has 1 amide bonds. The number of amides is 1. The number of nitrogens with zero attached hydrogens (tertiary/aromatic N) is 2. The van der Waals surface area contributed by atoms with Crippen LogP contribution in [0.5, 0.6) is 0 Å². The van der Waals surface area contributed by atoms with E-state index in [9.17, 15) is 4.79 Å². The SMILES string of the molecule is O=C(c1ccon1)N1CCCC2NCC21. The molecule has 1 N–H and O–H groups in total. The Balaban J connectivity index is 1.78. The van der Waals surface area contributed by atoms with Crippen molar-refractivity contribution in [2.75, 3.05) is 13.1 Å².